The summed E-state index contributed by atoms with van der Waals surface area (Å²) in [4.78, 5) is 21.7. The number of nitrogens with one attached hydrogen (secondary N) is 2. The Bertz CT molecular complexity index is 504. The molecule has 1 aromatic carbocycles. The lowest BCUT2D eigenvalue weighted by molar-refractivity contribution is -0.138. The quantitative estimate of drug-likeness (QED) is 0.707. The van der Waals surface area contributed by atoms with Crippen molar-refractivity contribution in [1.29, 1.82) is 0 Å². The van der Waals surface area contributed by atoms with Crippen molar-refractivity contribution in [3.05, 3.63) is 29.8 Å². The molecule has 0 aliphatic heterocycles. The lowest BCUT2D eigenvalue weighted by atomic mass is 10.2. The third-order valence-corrected chi connectivity index (χ3v) is 2.55. The van der Waals surface area contributed by atoms with E-state index in [1.54, 1.807) is 0 Å². The molecule has 0 aliphatic carbocycles. The number of anilines is 1. The van der Waals surface area contributed by atoms with Gasteiger partial charge < -0.3 is 15.7 Å². The summed E-state index contributed by atoms with van der Waals surface area (Å²) >= 11 is 0. The Kier molecular flexibility index (Phi) is 6.01. The molecule has 3 N–H and O–H groups in total. The van der Waals surface area contributed by atoms with Crippen LogP contribution < -0.4 is 10.6 Å². The molecule has 0 radical (unpaired) electrons. The van der Waals surface area contributed by atoms with Crippen LogP contribution in [0.1, 0.15) is 24.8 Å². The average molecular weight is 304 g/mol. The number of carbonyl (C=O) groups is 2. The molecule has 0 bridgehead atoms. The van der Waals surface area contributed by atoms with Gasteiger partial charge in [-0.05, 0) is 31.0 Å². The van der Waals surface area contributed by atoms with E-state index in [1.807, 2.05) is 0 Å². The second kappa shape index (κ2) is 7.51. The number of hydrogen-bond donors (Lipinski definition) is 3. The number of unbranched alkanes of at least 4 members (excludes halogenated alkanes) is 1. The molecular formula is C13H15F3N2O3. The third-order valence-electron chi connectivity index (χ3n) is 2.55. The molecule has 21 heavy (non-hydrogen) atoms. The van der Waals surface area contributed by atoms with Gasteiger partial charge in [0.1, 0.15) is 0 Å². The first-order chi connectivity index (χ1) is 9.79. The topological polar surface area (TPSA) is 78.4 Å². The van der Waals surface area contributed by atoms with E-state index in [4.69, 9.17) is 5.11 Å². The molecule has 0 spiro atoms. The van der Waals surface area contributed by atoms with Crippen LogP contribution in [0.5, 0.6) is 0 Å². The fourth-order valence-corrected chi connectivity index (χ4v) is 1.55. The van der Waals surface area contributed by atoms with Gasteiger partial charge in [0, 0.05) is 18.7 Å². The molecule has 0 saturated heterocycles. The number of halogens is 3. The van der Waals surface area contributed by atoms with Crippen LogP contribution >= 0.6 is 0 Å². The summed E-state index contributed by atoms with van der Waals surface area (Å²) in [6, 6.07) is 3.66. The number of carbonyl (C=O) groups excluding carboxylic acids is 1. The summed E-state index contributed by atoms with van der Waals surface area (Å²) in [5.74, 6) is -0.914. The Labute approximate surface area is 119 Å². The van der Waals surface area contributed by atoms with E-state index >= 15 is 0 Å². The Balaban J connectivity index is 2.39. The fraction of sp³-hybridized carbons (Fsp3) is 0.385. The Hall–Kier alpha value is -2.25. The monoisotopic (exact) mass is 304 g/mol. The minimum Gasteiger partial charge on any atom is -0.481 e. The molecule has 0 fully saturated rings. The van der Waals surface area contributed by atoms with Crippen LogP contribution in [0.25, 0.3) is 0 Å². The maximum atomic E-state index is 12.5. The van der Waals surface area contributed by atoms with E-state index in [-0.39, 0.29) is 18.7 Å². The standard InChI is InChI=1S/C13H15F3N2O3/c14-13(15,16)9-4-3-5-10(8-9)18-12(21)17-7-2-1-6-11(19)20/h3-5,8H,1-2,6-7H2,(H,19,20)(H2,17,18,21). The summed E-state index contributed by atoms with van der Waals surface area (Å²) < 4.78 is 37.4. The van der Waals surface area contributed by atoms with Crippen LogP contribution in [0, 0.1) is 0 Å². The molecule has 0 aromatic heterocycles. The van der Waals surface area contributed by atoms with Gasteiger partial charge >= 0.3 is 18.2 Å². The van der Waals surface area contributed by atoms with Crippen LogP contribution in [0.4, 0.5) is 23.7 Å². The van der Waals surface area contributed by atoms with E-state index in [0.29, 0.717) is 12.8 Å². The molecular weight excluding hydrogens is 289 g/mol. The van der Waals surface area contributed by atoms with Crippen molar-refractivity contribution >= 4 is 17.7 Å². The first kappa shape index (κ1) is 16.8. The zero-order valence-electron chi connectivity index (χ0n) is 11.0. The Morgan fingerprint density at radius 2 is 1.90 bits per heavy atom. The SMILES string of the molecule is O=C(O)CCCCNC(=O)Nc1cccc(C(F)(F)F)c1. The number of urea groups is 1. The van der Waals surface area contributed by atoms with Gasteiger partial charge in [-0.1, -0.05) is 6.07 Å². The minimum atomic E-state index is -4.47. The molecule has 0 atom stereocenters. The predicted molar refractivity (Wildman–Crippen MR) is 70.0 cm³/mol. The maximum absolute atomic E-state index is 12.5. The van der Waals surface area contributed by atoms with E-state index in [2.05, 4.69) is 10.6 Å². The molecule has 5 nitrogen and oxygen atoms in total. The molecule has 2 amide bonds. The zero-order valence-corrected chi connectivity index (χ0v) is 11.0. The number of carboxylic acid groups (broad SMARTS) is 1. The Morgan fingerprint density at radius 3 is 2.52 bits per heavy atom. The van der Waals surface area contributed by atoms with Crippen molar-refractivity contribution in [1.82, 2.24) is 5.32 Å². The van der Waals surface area contributed by atoms with Gasteiger partial charge in [0.2, 0.25) is 0 Å². The van der Waals surface area contributed by atoms with Crippen molar-refractivity contribution in [2.75, 3.05) is 11.9 Å². The minimum absolute atomic E-state index is 0.0108. The first-order valence-electron chi connectivity index (χ1n) is 6.23. The van der Waals surface area contributed by atoms with Crippen molar-refractivity contribution < 1.29 is 27.9 Å². The number of alkyl halides is 3. The molecule has 116 valence electrons. The number of aliphatic carboxylic acids is 1. The molecule has 1 rings (SSSR count). The van der Waals surface area contributed by atoms with Crippen molar-refractivity contribution in [2.45, 2.75) is 25.4 Å². The highest BCUT2D eigenvalue weighted by atomic mass is 19.4. The van der Waals surface area contributed by atoms with E-state index in [9.17, 15) is 22.8 Å². The maximum Gasteiger partial charge on any atom is 0.416 e. The van der Waals surface area contributed by atoms with Crippen molar-refractivity contribution in [3.8, 4) is 0 Å². The summed E-state index contributed by atoms with van der Waals surface area (Å²) in [5.41, 5.74) is -0.811. The van der Waals surface area contributed by atoms with Gasteiger partial charge in [-0.3, -0.25) is 4.79 Å². The van der Waals surface area contributed by atoms with Gasteiger partial charge in [0.05, 0.1) is 5.56 Å². The number of carboxylic acids is 1. The lowest BCUT2D eigenvalue weighted by Gasteiger charge is -2.10. The number of rotatable bonds is 6. The highest BCUT2D eigenvalue weighted by Crippen LogP contribution is 2.30. The van der Waals surface area contributed by atoms with Gasteiger partial charge in [-0.25, -0.2) is 4.79 Å². The van der Waals surface area contributed by atoms with E-state index < -0.39 is 23.7 Å². The number of hydrogen-bond acceptors (Lipinski definition) is 2. The van der Waals surface area contributed by atoms with Crippen molar-refractivity contribution in [3.63, 3.8) is 0 Å². The van der Waals surface area contributed by atoms with Crippen LogP contribution in [0.3, 0.4) is 0 Å². The average Bonchev–Trinajstić information content (AvgIpc) is 2.37. The Morgan fingerprint density at radius 1 is 1.19 bits per heavy atom. The van der Waals surface area contributed by atoms with Crippen LogP contribution in [0.2, 0.25) is 0 Å². The molecule has 0 aliphatic rings. The molecule has 0 unspecified atom stereocenters. The predicted octanol–water partition coefficient (Wildman–Crippen LogP) is 3.08. The highest BCUT2D eigenvalue weighted by molar-refractivity contribution is 5.89. The second-order valence-corrected chi connectivity index (χ2v) is 4.31. The second-order valence-electron chi connectivity index (χ2n) is 4.31. The first-order valence-corrected chi connectivity index (χ1v) is 6.23. The lowest BCUT2D eigenvalue weighted by Crippen LogP contribution is -2.29. The van der Waals surface area contributed by atoms with Crippen molar-refractivity contribution in [2.24, 2.45) is 0 Å². The number of amides is 2. The van der Waals surface area contributed by atoms with Gasteiger partial charge in [0.25, 0.3) is 0 Å². The normalized spacial score (nSPS) is 11.0. The smallest absolute Gasteiger partial charge is 0.416 e. The summed E-state index contributed by atoms with van der Waals surface area (Å²) in [5, 5.41) is 13.1. The van der Waals surface area contributed by atoms with Crippen LogP contribution in [-0.2, 0) is 11.0 Å². The fourth-order valence-electron chi connectivity index (χ4n) is 1.55. The highest BCUT2D eigenvalue weighted by Gasteiger charge is 2.30. The number of benzene rings is 1. The van der Waals surface area contributed by atoms with Crippen LogP contribution in [-0.4, -0.2) is 23.7 Å². The summed E-state index contributed by atoms with van der Waals surface area (Å²) in [6.45, 7) is 0.248. The summed E-state index contributed by atoms with van der Waals surface area (Å²) in [7, 11) is 0. The van der Waals surface area contributed by atoms with Gasteiger partial charge in [0.15, 0.2) is 0 Å². The largest absolute Gasteiger partial charge is 0.481 e. The van der Waals surface area contributed by atoms with Crippen LogP contribution in [0.15, 0.2) is 24.3 Å². The van der Waals surface area contributed by atoms with Gasteiger partial charge in [-0.2, -0.15) is 13.2 Å². The third kappa shape index (κ3) is 6.64. The molecule has 1 aromatic rings. The van der Waals surface area contributed by atoms with E-state index in [0.717, 1.165) is 12.1 Å². The molecule has 8 heteroatoms. The molecule has 0 heterocycles. The summed E-state index contributed by atoms with van der Waals surface area (Å²) in [6.07, 6.45) is -3.57. The zero-order chi connectivity index (χ0) is 15.9. The molecule has 0 saturated carbocycles. The van der Waals surface area contributed by atoms with E-state index in [1.165, 1.54) is 12.1 Å². The van der Waals surface area contributed by atoms with Gasteiger partial charge in [-0.15, -0.1) is 0 Å².